The van der Waals surface area contributed by atoms with Crippen molar-refractivity contribution in [3.05, 3.63) is 0 Å². The number of hydrogen-bond donors (Lipinski definition) is 3. The molecule has 78 valence electrons. The van der Waals surface area contributed by atoms with Crippen LogP contribution in [-0.2, 0) is 9.59 Å². The van der Waals surface area contributed by atoms with E-state index in [4.69, 9.17) is 15.3 Å². The fourth-order valence-electron chi connectivity index (χ4n) is 0.388. The molecule has 0 amide bonds. The molecule has 0 atom stereocenters. The van der Waals surface area contributed by atoms with Crippen molar-refractivity contribution >= 4 is 11.8 Å². The van der Waals surface area contributed by atoms with Crippen molar-refractivity contribution < 1.29 is 24.9 Å². The first-order valence-electron chi connectivity index (χ1n) is 3.97. The molecule has 5 heteroatoms. The molecule has 0 heterocycles. The molecular formula is C8H16O5. The molecule has 0 radical (unpaired) electrons. The van der Waals surface area contributed by atoms with Gasteiger partial charge >= 0.3 is 5.97 Å². The summed E-state index contributed by atoms with van der Waals surface area (Å²) < 4.78 is 0. The largest absolute Gasteiger partial charge is 0.481 e. The summed E-state index contributed by atoms with van der Waals surface area (Å²) in [4.78, 5) is 19.5. The lowest BCUT2D eigenvalue weighted by atomic mass is 10.3. The summed E-state index contributed by atoms with van der Waals surface area (Å²) in [6.45, 7) is 1.40. The number of carbonyl (C=O) groups is 2. The van der Waals surface area contributed by atoms with Crippen LogP contribution in [0.3, 0.4) is 0 Å². The molecule has 0 saturated carbocycles. The molecule has 0 saturated heterocycles. The van der Waals surface area contributed by atoms with Gasteiger partial charge in [-0.25, -0.2) is 0 Å². The van der Waals surface area contributed by atoms with Crippen molar-refractivity contribution in [2.75, 3.05) is 13.2 Å². The van der Waals surface area contributed by atoms with Crippen LogP contribution in [0.4, 0.5) is 0 Å². The predicted molar refractivity (Wildman–Crippen MR) is 46.3 cm³/mol. The average molecular weight is 192 g/mol. The zero-order valence-corrected chi connectivity index (χ0v) is 7.69. The highest BCUT2D eigenvalue weighted by Gasteiger charge is 1.91. The van der Waals surface area contributed by atoms with Gasteiger partial charge in [0.05, 0.1) is 0 Å². The van der Waals surface area contributed by atoms with E-state index in [0.29, 0.717) is 12.8 Å². The zero-order chi connectivity index (χ0) is 10.7. The summed E-state index contributed by atoms with van der Waals surface area (Å²) >= 11 is 0. The van der Waals surface area contributed by atoms with Gasteiger partial charge in [-0.1, -0.05) is 0 Å². The number of aliphatic carboxylic acids is 1. The van der Waals surface area contributed by atoms with E-state index < -0.39 is 5.97 Å². The van der Waals surface area contributed by atoms with E-state index in [1.807, 2.05) is 0 Å². The smallest absolute Gasteiger partial charge is 0.303 e. The first-order chi connectivity index (χ1) is 6.04. The lowest BCUT2D eigenvalue weighted by molar-refractivity contribution is -0.137. The van der Waals surface area contributed by atoms with E-state index in [1.165, 1.54) is 6.92 Å². The highest BCUT2D eigenvalue weighted by atomic mass is 16.4. The Morgan fingerprint density at radius 2 is 1.62 bits per heavy atom. The number of rotatable bonds is 5. The van der Waals surface area contributed by atoms with Gasteiger partial charge in [0.2, 0.25) is 0 Å². The van der Waals surface area contributed by atoms with Crippen LogP contribution in [0.2, 0.25) is 0 Å². The fourth-order valence-corrected chi connectivity index (χ4v) is 0.388. The lowest BCUT2D eigenvalue weighted by Crippen LogP contribution is -1.95. The Hall–Kier alpha value is -0.940. The van der Waals surface area contributed by atoms with Gasteiger partial charge in [0.25, 0.3) is 0 Å². The van der Waals surface area contributed by atoms with Crippen LogP contribution in [0.1, 0.15) is 26.2 Å². The van der Waals surface area contributed by atoms with E-state index in [0.717, 1.165) is 0 Å². The van der Waals surface area contributed by atoms with Gasteiger partial charge in [-0.3, -0.25) is 9.59 Å². The third-order valence-electron chi connectivity index (χ3n) is 1.01. The first kappa shape index (κ1) is 14.6. The molecule has 0 aromatic carbocycles. The maximum atomic E-state index is 9.88. The SMILES string of the molecule is CC(=O)CCO.O=C(O)CCCO. The van der Waals surface area contributed by atoms with Crippen LogP contribution in [0.25, 0.3) is 0 Å². The fraction of sp³-hybridized carbons (Fsp3) is 0.750. The second-order valence-corrected chi connectivity index (χ2v) is 2.40. The lowest BCUT2D eigenvalue weighted by Gasteiger charge is -1.85. The van der Waals surface area contributed by atoms with Crippen molar-refractivity contribution in [1.29, 1.82) is 0 Å². The monoisotopic (exact) mass is 192 g/mol. The molecule has 0 aromatic rings. The summed E-state index contributed by atoms with van der Waals surface area (Å²) in [5.74, 6) is -0.813. The van der Waals surface area contributed by atoms with Crippen molar-refractivity contribution in [2.45, 2.75) is 26.2 Å². The van der Waals surface area contributed by atoms with Crippen molar-refractivity contribution in [3.8, 4) is 0 Å². The van der Waals surface area contributed by atoms with Crippen molar-refractivity contribution in [3.63, 3.8) is 0 Å². The highest BCUT2D eigenvalue weighted by Crippen LogP contribution is 1.83. The Balaban J connectivity index is 0. The molecule has 0 spiro atoms. The Bertz CT molecular complexity index is 143. The van der Waals surface area contributed by atoms with Gasteiger partial charge in [0, 0.05) is 26.1 Å². The molecule has 0 aliphatic carbocycles. The Labute approximate surface area is 77.0 Å². The number of aliphatic hydroxyl groups is 2. The van der Waals surface area contributed by atoms with Gasteiger partial charge < -0.3 is 15.3 Å². The van der Waals surface area contributed by atoms with E-state index in [2.05, 4.69) is 0 Å². The summed E-state index contributed by atoms with van der Waals surface area (Å²) in [7, 11) is 0. The second kappa shape index (κ2) is 11.1. The number of hydrogen-bond acceptors (Lipinski definition) is 4. The normalized spacial score (nSPS) is 8.54. The van der Waals surface area contributed by atoms with Crippen LogP contribution < -0.4 is 0 Å². The van der Waals surface area contributed by atoms with E-state index in [9.17, 15) is 9.59 Å². The minimum absolute atomic E-state index is 0.0185. The van der Waals surface area contributed by atoms with Crippen LogP contribution in [-0.4, -0.2) is 40.3 Å². The number of carbonyl (C=O) groups excluding carboxylic acids is 1. The van der Waals surface area contributed by atoms with E-state index in [-0.39, 0.29) is 25.4 Å². The first-order valence-corrected chi connectivity index (χ1v) is 3.97. The molecule has 0 rings (SSSR count). The third-order valence-corrected chi connectivity index (χ3v) is 1.01. The van der Waals surface area contributed by atoms with Gasteiger partial charge in [-0.05, 0) is 13.3 Å². The molecule has 13 heavy (non-hydrogen) atoms. The summed E-state index contributed by atoms with van der Waals surface area (Å²) in [5.41, 5.74) is 0. The molecule has 0 bridgehead atoms. The number of carboxylic acid groups (broad SMARTS) is 1. The number of Topliss-reactive ketones (excluding diaryl/α,β-unsaturated/α-hetero) is 1. The molecule has 0 aliphatic heterocycles. The number of aliphatic hydroxyl groups excluding tert-OH is 2. The molecular weight excluding hydrogens is 176 g/mol. The average Bonchev–Trinajstić information content (AvgIpc) is 2.01. The van der Waals surface area contributed by atoms with Crippen LogP contribution in [0, 0.1) is 0 Å². The number of carboxylic acids is 1. The minimum Gasteiger partial charge on any atom is -0.481 e. The molecule has 5 nitrogen and oxygen atoms in total. The van der Waals surface area contributed by atoms with Crippen molar-refractivity contribution in [1.82, 2.24) is 0 Å². The molecule has 0 aliphatic rings. The predicted octanol–water partition coefficient (Wildman–Crippen LogP) is -0.199. The van der Waals surface area contributed by atoms with Gasteiger partial charge in [0.1, 0.15) is 5.78 Å². The molecule has 0 aromatic heterocycles. The second-order valence-electron chi connectivity index (χ2n) is 2.40. The third kappa shape index (κ3) is 24.7. The van der Waals surface area contributed by atoms with Gasteiger partial charge in [-0.15, -0.1) is 0 Å². The quantitative estimate of drug-likeness (QED) is 0.560. The Kier molecular flexibility index (Phi) is 12.4. The maximum absolute atomic E-state index is 9.88. The van der Waals surface area contributed by atoms with E-state index >= 15 is 0 Å². The summed E-state index contributed by atoms with van der Waals surface area (Å²) in [6, 6.07) is 0. The highest BCUT2D eigenvalue weighted by molar-refractivity contribution is 5.75. The minimum atomic E-state index is -0.853. The Morgan fingerprint density at radius 1 is 1.08 bits per heavy atom. The molecule has 0 unspecified atom stereocenters. The summed E-state index contributed by atoms with van der Waals surface area (Å²) in [6.07, 6.45) is 0.714. The maximum Gasteiger partial charge on any atom is 0.303 e. The van der Waals surface area contributed by atoms with Gasteiger partial charge in [0.15, 0.2) is 0 Å². The standard InChI is InChI=1S/C4H8O3.C4H8O2/c5-3-1-2-4(6)7;1-4(6)2-3-5/h5H,1-3H2,(H,6,7);5H,2-3H2,1H3. The Morgan fingerprint density at radius 3 is 1.69 bits per heavy atom. The molecule has 0 fully saturated rings. The van der Waals surface area contributed by atoms with Crippen molar-refractivity contribution in [2.24, 2.45) is 0 Å². The topological polar surface area (TPSA) is 94.8 Å². The molecule has 3 N–H and O–H groups in total. The number of ketones is 1. The van der Waals surface area contributed by atoms with Crippen LogP contribution >= 0.6 is 0 Å². The van der Waals surface area contributed by atoms with Gasteiger partial charge in [-0.2, -0.15) is 0 Å². The van der Waals surface area contributed by atoms with E-state index in [1.54, 1.807) is 0 Å². The zero-order valence-electron chi connectivity index (χ0n) is 7.69. The van der Waals surface area contributed by atoms with Crippen LogP contribution in [0.5, 0.6) is 0 Å². The van der Waals surface area contributed by atoms with Crippen LogP contribution in [0.15, 0.2) is 0 Å². The summed E-state index contributed by atoms with van der Waals surface area (Å²) in [5, 5.41) is 24.0.